The van der Waals surface area contributed by atoms with E-state index in [-0.39, 0.29) is 22.0 Å². The first-order chi connectivity index (χ1) is 14.9. The van der Waals surface area contributed by atoms with Crippen molar-refractivity contribution in [1.29, 1.82) is 5.26 Å². The summed E-state index contributed by atoms with van der Waals surface area (Å²) in [5, 5.41) is 21.6. The number of anilines is 1. The second kappa shape index (κ2) is 12.1. The van der Waals surface area contributed by atoms with Gasteiger partial charge in [-0.05, 0) is 42.8 Å². The molecule has 2 N–H and O–H groups in total. The van der Waals surface area contributed by atoms with Crippen molar-refractivity contribution in [3.05, 3.63) is 53.6 Å². The van der Waals surface area contributed by atoms with Crippen molar-refractivity contribution in [2.45, 2.75) is 63.2 Å². The fraction of sp³-hybridized carbons (Fsp3) is 0.417. The third-order valence-corrected chi connectivity index (χ3v) is 6.89. The standard InChI is InChI=1S/C24H30N2O4S/c1-2-3-4-5-6-7-8-9-15-31(29,30)21-13-14-23(27)22(17-21)24(28)26-20-12-10-11-19(16-20)18-25/h10-14,16-17,27H,2-9,15H2,1H3,(H,26,28). The molecule has 0 bridgehead atoms. The van der Waals surface area contributed by atoms with Crippen molar-refractivity contribution >= 4 is 21.4 Å². The number of carbonyl (C=O) groups excluding carboxylic acids is 1. The van der Waals surface area contributed by atoms with Crippen LogP contribution < -0.4 is 5.32 Å². The topological polar surface area (TPSA) is 107 Å². The molecule has 0 heterocycles. The van der Waals surface area contributed by atoms with Crippen molar-refractivity contribution in [2.75, 3.05) is 11.1 Å². The van der Waals surface area contributed by atoms with Gasteiger partial charge in [-0.3, -0.25) is 4.79 Å². The average molecular weight is 443 g/mol. The van der Waals surface area contributed by atoms with E-state index in [1.807, 2.05) is 6.07 Å². The molecule has 7 heteroatoms. The molecule has 166 valence electrons. The SMILES string of the molecule is CCCCCCCCCCS(=O)(=O)c1ccc(O)c(C(=O)Nc2cccc(C#N)c2)c1. The number of rotatable bonds is 12. The van der Waals surface area contributed by atoms with Gasteiger partial charge in [0.15, 0.2) is 9.84 Å². The van der Waals surface area contributed by atoms with E-state index in [9.17, 15) is 18.3 Å². The Labute approximate surface area is 184 Å². The third-order valence-electron chi connectivity index (χ3n) is 5.09. The predicted molar refractivity (Wildman–Crippen MR) is 122 cm³/mol. The maximum atomic E-state index is 12.7. The molecule has 2 rings (SSSR count). The molecular formula is C24H30N2O4S. The normalized spacial score (nSPS) is 11.1. The summed E-state index contributed by atoms with van der Waals surface area (Å²) < 4.78 is 25.4. The highest BCUT2D eigenvalue weighted by Crippen LogP contribution is 2.24. The van der Waals surface area contributed by atoms with Crippen molar-refractivity contribution in [2.24, 2.45) is 0 Å². The molecule has 31 heavy (non-hydrogen) atoms. The summed E-state index contributed by atoms with van der Waals surface area (Å²) >= 11 is 0. The van der Waals surface area contributed by atoms with E-state index in [0.717, 1.165) is 19.3 Å². The van der Waals surface area contributed by atoms with Crippen LogP contribution in [0.4, 0.5) is 5.69 Å². The van der Waals surface area contributed by atoms with Gasteiger partial charge in [0.2, 0.25) is 0 Å². The van der Waals surface area contributed by atoms with Gasteiger partial charge in [0.1, 0.15) is 5.75 Å². The number of phenols is 1. The highest BCUT2D eigenvalue weighted by atomic mass is 32.2. The Balaban J connectivity index is 1.98. The Morgan fingerprint density at radius 3 is 2.35 bits per heavy atom. The molecule has 0 aromatic heterocycles. The summed E-state index contributed by atoms with van der Waals surface area (Å²) in [6.45, 7) is 2.18. The summed E-state index contributed by atoms with van der Waals surface area (Å²) in [5.41, 5.74) is 0.638. The number of nitrogens with zero attached hydrogens (tertiary/aromatic N) is 1. The number of nitriles is 1. The van der Waals surface area contributed by atoms with Crippen LogP contribution >= 0.6 is 0 Å². The second-order valence-electron chi connectivity index (χ2n) is 7.62. The average Bonchev–Trinajstić information content (AvgIpc) is 2.75. The van der Waals surface area contributed by atoms with Crippen LogP contribution in [0.5, 0.6) is 5.75 Å². The lowest BCUT2D eigenvalue weighted by Gasteiger charge is -2.10. The summed E-state index contributed by atoms with van der Waals surface area (Å²) in [6, 6.07) is 12.1. The highest BCUT2D eigenvalue weighted by Gasteiger charge is 2.19. The van der Waals surface area contributed by atoms with Gasteiger partial charge >= 0.3 is 0 Å². The fourth-order valence-corrected chi connectivity index (χ4v) is 4.69. The number of carbonyl (C=O) groups is 1. The summed E-state index contributed by atoms with van der Waals surface area (Å²) in [5.74, 6) is -0.936. The number of amides is 1. The number of aromatic hydroxyl groups is 1. The number of hydrogen-bond donors (Lipinski definition) is 2. The van der Waals surface area contributed by atoms with Gasteiger partial charge in [0, 0.05) is 5.69 Å². The fourth-order valence-electron chi connectivity index (χ4n) is 3.30. The lowest BCUT2D eigenvalue weighted by atomic mass is 10.1. The second-order valence-corrected chi connectivity index (χ2v) is 9.73. The van der Waals surface area contributed by atoms with Gasteiger partial charge in [0.25, 0.3) is 5.91 Å². The van der Waals surface area contributed by atoms with Gasteiger partial charge in [-0.2, -0.15) is 5.26 Å². The van der Waals surface area contributed by atoms with Crippen LogP contribution in [0.25, 0.3) is 0 Å². The largest absolute Gasteiger partial charge is 0.507 e. The molecule has 0 radical (unpaired) electrons. The molecule has 0 aliphatic heterocycles. The molecule has 0 spiro atoms. The Kier molecular flexibility index (Phi) is 9.54. The molecule has 0 unspecified atom stereocenters. The first-order valence-electron chi connectivity index (χ1n) is 10.7. The number of benzene rings is 2. The van der Waals surface area contributed by atoms with Crippen LogP contribution in [0.15, 0.2) is 47.4 Å². The summed E-state index contributed by atoms with van der Waals surface area (Å²) in [6.07, 6.45) is 8.43. The Morgan fingerprint density at radius 1 is 1.00 bits per heavy atom. The zero-order valence-electron chi connectivity index (χ0n) is 17.9. The molecule has 0 saturated heterocycles. The number of sulfone groups is 1. The van der Waals surface area contributed by atoms with E-state index in [1.165, 1.54) is 49.9 Å². The monoisotopic (exact) mass is 442 g/mol. The van der Waals surface area contributed by atoms with Gasteiger partial charge in [-0.15, -0.1) is 0 Å². The molecular weight excluding hydrogens is 412 g/mol. The van der Waals surface area contributed by atoms with Crippen LogP contribution in [0, 0.1) is 11.3 Å². The zero-order valence-corrected chi connectivity index (χ0v) is 18.7. The minimum absolute atomic E-state index is 0.0119. The third kappa shape index (κ3) is 7.72. The quantitative estimate of drug-likeness (QED) is 0.426. The first-order valence-corrected chi connectivity index (χ1v) is 12.4. The van der Waals surface area contributed by atoms with Gasteiger partial charge < -0.3 is 10.4 Å². The Hall–Kier alpha value is -2.85. The summed E-state index contributed by atoms with van der Waals surface area (Å²) in [7, 11) is -3.55. The Bertz CT molecular complexity index is 1030. The van der Waals surface area contributed by atoms with E-state index < -0.39 is 15.7 Å². The van der Waals surface area contributed by atoms with E-state index >= 15 is 0 Å². The molecule has 0 fully saturated rings. The lowest BCUT2D eigenvalue weighted by Crippen LogP contribution is -2.14. The minimum atomic E-state index is -3.55. The molecule has 0 aliphatic rings. The van der Waals surface area contributed by atoms with Crippen molar-refractivity contribution in [1.82, 2.24) is 0 Å². The number of phenolic OH excluding ortho intramolecular Hbond substituents is 1. The van der Waals surface area contributed by atoms with Crippen molar-refractivity contribution in [3.8, 4) is 11.8 Å². The van der Waals surface area contributed by atoms with Crippen LogP contribution in [-0.2, 0) is 9.84 Å². The van der Waals surface area contributed by atoms with Gasteiger partial charge in [-0.25, -0.2) is 8.42 Å². The van der Waals surface area contributed by atoms with E-state index in [1.54, 1.807) is 18.2 Å². The maximum Gasteiger partial charge on any atom is 0.259 e. The van der Waals surface area contributed by atoms with Crippen molar-refractivity contribution < 1.29 is 18.3 Å². The molecule has 0 atom stereocenters. The predicted octanol–water partition coefficient (Wildman–Crippen LogP) is 5.43. The van der Waals surface area contributed by atoms with Crippen LogP contribution in [0.2, 0.25) is 0 Å². The summed E-state index contributed by atoms with van der Waals surface area (Å²) in [4.78, 5) is 12.6. The smallest absolute Gasteiger partial charge is 0.259 e. The van der Waals surface area contributed by atoms with Gasteiger partial charge in [-0.1, -0.05) is 57.9 Å². The van der Waals surface area contributed by atoms with Gasteiger partial charge in [0.05, 0.1) is 27.8 Å². The van der Waals surface area contributed by atoms with Crippen molar-refractivity contribution in [3.63, 3.8) is 0 Å². The highest BCUT2D eigenvalue weighted by molar-refractivity contribution is 7.91. The molecule has 6 nitrogen and oxygen atoms in total. The molecule has 0 aliphatic carbocycles. The minimum Gasteiger partial charge on any atom is -0.507 e. The number of nitrogens with one attached hydrogen (secondary N) is 1. The van der Waals surface area contributed by atoms with E-state index in [0.29, 0.717) is 17.7 Å². The Morgan fingerprint density at radius 2 is 1.68 bits per heavy atom. The molecule has 2 aromatic rings. The lowest BCUT2D eigenvalue weighted by molar-refractivity contribution is 0.102. The number of hydrogen-bond acceptors (Lipinski definition) is 5. The van der Waals surface area contributed by atoms with E-state index in [4.69, 9.17) is 5.26 Å². The molecule has 1 amide bonds. The van der Waals surface area contributed by atoms with E-state index in [2.05, 4.69) is 12.2 Å². The van der Waals surface area contributed by atoms with Crippen LogP contribution in [0.3, 0.4) is 0 Å². The number of unbranched alkanes of at least 4 members (excludes halogenated alkanes) is 7. The zero-order chi connectivity index (χ0) is 22.7. The first kappa shape index (κ1) is 24.4. The molecule has 0 saturated carbocycles. The van der Waals surface area contributed by atoms with Crippen LogP contribution in [0.1, 0.15) is 74.2 Å². The maximum absolute atomic E-state index is 12.7. The van der Waals surface area contributed by atoms with Crippen LogP contribution in [-0.4, -0.2) is 25.2 Å². The molecule has 2 aromatic carbocycles.